The van der Waals surface area contributed by atoms with Gasteiger partial charge in [-0.15, -0.1) is 0 Å². The van der Waals surface area contributed by atoms with E-state index in [4.69, 9.17) is 4.42 Å². The number of carbonyl (C=O) groups is 1. The van der Waals surface area contributed by atoms with Gasteiger partial charge in [0.15, 0.2) is 5.58 Å². The third kappa shape index (κ3) is 2.77. The molecule has 0 spiro atoms. The minimum absolute atomic E-state index is 0.0822. The summed E-state index contributed by atoms with van der Waals surface area (Å²) >= 11 is 0. The van der Waals surface area contributed by atoms with Gasteiger partial charge >= 0.3 is 0 Å². The molecule has 1 amide bonds. The number of fused-ring (bicyclic) bond motifs is 1. The molecular formula is C16H20N4O3. The third-order valence-electron chi connectivity index (χ3n) is 4.55. The Labute approximate surface area is 133 Å². The molecule has 2 unspecified atom stereocenters. The lowest BCUT2D eigenvalue weighted by atomic mass is 10.1. The first-order valence-electron chi connectivity index (χ1n) is 8.01. The van der Waals surface area contributed by atoms with Crippen molar-refractivity contribution in [1.29, 1.82) is 0 Å². The number of piperazine rings is 1. The largest absolute Gasteiger partial charge is 0.423 e. The highest BCUT2D eigenvalue weighted by Gasteiger charge is 2.33. The van der Waals surface area contributed by atoms with Gasteiger partial charge in [0.25, 0.3) is 6.01 Å². The number of β-amino-alcohol motifs (C(OH)–C–C–N with tert-alkyl or cyclic N) is 1. The second-order valence-electron chi connectivity index (χ2n) is 6.13. The van der Waals surface area contributed by atoms with Crippen LogP contribution in [0.25, 0.3) is 11.1 Å². The van der Waals surface area contributed by atoms with Gasteiger partial charge in [0.1, 0.15) is 5.52 Å². The first-order chi connectivity index (χ1) is 11.2. The van der Waals surface area contributed by atoms with Crippen LogP contribution in [-0.2, 0) is 4.79 Å². The monoisotopic (exact) mass is 316 g/mol. The lowest BCUT2D eigenvalue weighted by Crippen LogP contribution is -2.53. The van der Waals surface area contributed by atoms with Gasteiger partial charge in [0.2, 0.25) is 5.91 Å². The van der Waals surface area contributed by atoms with E-state index in [1.165, 1.54) is 0 Å². The van der Waals surface area contributed by atoms with Crippen molar-refractivity contribution in [2.24, 2.45) is 0 Å². The highest BCUT2D eigenvalue weighted by Crippen LogP contribution is 2.23. The van der Waals surface area contributed by atoms with E-state index in [2.05, 4.69) is 15.2 Å². The first-order valence-corrected chi connectivity index (χ1v) is 8.01. The molecule has 2 aliphatic rings. The highest BCUT2D eigenvalue weighted by atomic mass is 16.4. The Hall–Kier alpha value is -2.12. The fourth-order valence-electron chi connectivity index (χ4n) is 3.24. The van der Waals surface area contributed by atoms with Crippen molar-refractivity contribution < 1.29 is 14.3 Å². The molecule has 2 N–H and O–H groups in total. The van der Waals surface area contributed by atoms with Gasteiger partial charge in [-0.05, 0) is 18.6 Å². The molecule has 0 saturated carbocycles. The van der Waals surface area contributed by atoms with Crippen LogP contribution in [0.1, 0.15) is 6.42 Å². The van der Waals surface area contributed by atoms with E-state index in [1.54, 1.807) is 0 Å². The molecule has 0 bridgehead atoms. The molecule has 0 radical (unpaired) electrons. The number of nitrogens with one attached hydrogen (secondary N) is 1. The van der Waals surface area contributed by atoms with Gasteiger partial charge in [-0.1, -0.05) is 12.1 Å². The molecule has 7 nitrogen and oxygen atoms in total. The maximum absolute atomic E-state index is 12.4. The molecule has 2 atom stereocenters. The number of carbonyl (C=O) groups excluding carboxylic acids is 1. The van der Waals surface area contributed by atoms with Crippen molar-refractivity contribution in [3.05, 3.63) is 24.3 Å². The van der Waals surface area contributed by atoms with Crippen LogP contribution in [0.15, 0.2) is 28.7 Å². The van der Waals surface area contributed by atoms with Crippen LogP contribution in [0.5, 0.6) is 0 Å². The number of aliphatic hydroxyl groups is 1. The Balaban J connectivity index is 1.39. The maximum atomic E-state index is 12.4. The Morgan fingerprint density at radius 3 is 2.74 bits per heavy atom. The van der Waals surface area contributed by atoms with Crippen molar-refractivity contribution in [2.45, 2.75) is 18.6 Å². The quantitative estimate of drug-likeness (QED) is 0.824. The third-order valence-corrected chi connectivity index (χ3v) is 4.55. The van der Waals surface area contributed by atoms with Crippen molar-refractivity contribution in [3.8, 4) is 0 Å². The number of benzene rings is 1. The average molecular weight is 316 g/mol. The molecule has 2 saturated heterocycles. The first kappa shape index (κ1) is 14.5. The van der Waals surface area contributed by atoms with E-state index in [0.29, 0.717) is 45.2 Å². The Bertz CT molecular complexity index is 675. The number of amides is 1. The van der Waals surface area contributed by atoms with E-state index in [0.717, 1.165) is 11.1 Å². The summed E-state index contributed by atoms with van der Waals surface area (Å²) in [6.07, 6.45) is 0.0921. The minimum atomic E-state index is -0.412. The number of hydrogen-bond donors (Lipinski definition) is 2. The number of para-hydroxylation sites is 2. The summed E-state index contributed by atoms with van der Waals surface area (Å²) in [5.74, 6) is 0.0822. The number of rotatable bonds is 2. The molecule has 7 heteroatoms. The van der Waals surface area contributed by atoms with Gasteiger partial charge in [-0.2, -0.15) is 4.98 Å². The number of oxazole rings is 1. The summed E-state index contributed by atoms with van der Waals surface area (Å²) in [5, 5.41) is 12.6. The van der Waals surface area contributed by atoms with Crippen LogP contribution in [0.3, 0.4) is 0 Å². The SMILES string of the molecule is O=C(C1CC(O)CN1)N1CCN(c2nc3ccccc3o2)CC1. The van der Waals surface area contributed by atoms with E-state index in [-0.39, 0.29) is 11.9 Å². The molecule has 3 heterocycles. The van der Waals surface area contributed by atoms with E-state index < -0.39 is 6.10 Å². The average Bonchev–Trinajstić information content (AvgIpc) is 3.20. The number of anilines is 1. The molecule has 1 aromatic heterocycles. The smallest absolute Gasteiger partial charge is 0.298 e. The van der Waals surface area contributed by atoms with Crippen LogP contribution >= 0.6 is 0 Å². The Morgan fingerprint density at radius 2 is 2.04 bits per heavy atom. The fourth-order valence-corrected chi connectivity index (χ4v) is 3.24. The van der Waals surface area contributed by atoms with Crippen LogP contribution in [0.2, 0.25) is 0 Å². The fraction of sp³-hybridized carbons (Fsp3) is 0.500. The molecular weight excluding hydrogens is 296 g/mol. The molecule has 4 rings (SSSR count). The van der Waals surface area contributed by atoms with Gasteiger partial charge in [-0.3, -0.25) is 4.79 Å². The van der Waals surface area contributed by atoms with Crippen molar-refractivity contribution in [1.82, 2.24) is 15.2 Å². The van der Waals surface area contributed by atoms with Crippen molar-refractivity contribution in [3.63, 3.8) is 0 Å². The molecule has 1 aromatic carbocycles. The molecule has 2 aromatic rings. The summed E-state index contributed by atoms with van der Waals surface area (Å²) in [5.41, 5.74) is 1.63. The van der Waals surface area contributed by atoms with Crippen LogP contribution in [-0.4, -0.2) is 65.8 Å². The summed E-state index contributed by atoms with van der Waals surface area (Å²) in [6.45, 7) is 3.19. The maximum Gasteiger partial charge on any atom is 0.298 e. The zero-order valence-electron chi connectivity index (χ0n) is 12.8. The van der Waals surface area contributed by atoms with Gasteiger partial charge < -0.3 is 24.6 Å². The lowest BCUT2D eigenvalue weighted by Gasteiger charge is -2.35. The summed E-state index contributed by atoms with van der Waals surface area (Å²) in [6, 6.07) is 8.07. The summed E-state index contributed by atoms with van der Waals surface area (Å²) in [7, 11) is 0. The van der Waals surface area contributed by atoms with Crippen LogP contribution < -0.4 is 10.2 Å². The summed E-state index contributed by atoms with van der Waals surface area (Å²) in [4.78, 5) is 20.9. The van der Waals surface area contributed by atoms with Crippen LogP contribution in [0, 0.1) is 0 Å². The number of hydrogen-bond acceptors (Lipinski definition) is 6. The zero-order valence-corrected chi connectivity index (χ0v) is 12.8. The van der Waals surface area contributed by atoms with Crippen molar-refractivity contribution >= 4 is 23.0 Å². The van der Waals surface area contributed by atoms with E-state index >= 15 is 0 Å². The number of aromatic nitrogens is 1. The van der Waals surface area contributed by atoms with Gasteiger partial charge in [0.05, 0.1) is 12.1 Å². The minimum Gasteiger partial charge on any atom is -0.423 e. The molecule has 2 aliphatic heterocycles. The molecule has 23 heavy (non-hydrogen) atoms. The zero-order chi connectivity index (χ0) is 15.8. The van der Waals surface area contributed by atoms with Gasteiger partial charge in [-0.25, -0.2) is 0 Å². The van der Waals surface area contributed by atoms with Crippen LogP contribution in [0.4, 0.5) is 6.01 Å². The number of nitrogens with zero attached hydrogens (tertiary/aromatic N) is 3. The van der Waals surface area contributed by atoms with E-state index in [1.807, 2.05) is 29.2 Å². The Morgan fingerprint density at radius 1 is 1.26 bits per heavy atom. The topological polar surface area (TPSA) is 81.8 Å². The second kappa shape index (κ2) is 5.82. The lowest BCUT2D eigenvalue weighted by molar-refractivity contribution is -0.133. The Kier molecular flexibility index (Phi) is 3.66. The predicted octanol–water partition coefficient (Wildman–Crippen LogP) is 0.199. The second-order valence-corrected chi connectivity index (χ2v) is 6.13. The molecule has 2 fully saturated rings. The molecule has 122 valence electrons. The van der Waals surface area contributed by atoms with Crippen molar-refractivity contribution in [2.75, 3.05) is 37.6 Å². The summed E-state index contributed by atoms with van der Waals surface area (Å²) < 4.78 is 5.78. The highest BCUT2D eigenvalue weighted by molar-refractivity contribution is 5.82. The number of aliphatic hydroxyl groups excluding tert-OH is 1. The standard InChI is InChI=1S/C16H20N4O3/c21-11-9-13(17-10-11)15(22)19-5-7-20(8-6-19)16-18-12-3-1-2-4-14(12)23-16/h1-4,11,13,17,21H,5-10H2. The molecule has 0 aliphatic carbocycles. The normalized spacial score (nSPS) is 25.3. The predicted molar refractivity (Wildman–Crippen MR) is 85.2 cm³/mol. The van der Waals surface area contributed by atoms with E-state index in [9.17, 15) is 9.90 Å². The van der Waals surface area contributed by atoms with Gasteiger partial charge in [0, 0.05) is 32.7 Å².